The van der Waals surface area contributed by atoms with E-state index >= 15 is 0 Å². The molecule has 3 aliphatic rings. The molecule has 6 rings (SSSR count). The predicted octanol–water partition coefficient (Wildman–Crippen LogP) is 5.30. The summed E-state index contributed by atoms with van der Waals surface area (Å²) in [7, 11) is 1.87. The first-order valence-corrected chi connectivity index (χ1v) is 13.8. The van der Waals surface area contributed by atoms with Gasteiger partial charge in [-0.25, -0.2) is 4.68 Å². The summed E-state index contributed by atoms with van der Waals surface area (Å²) in [6.45, 7) is 2.88. The number of hydrogen-bond donors (Lipinski definition) is 1. The Hall–Kier alpha value is -3.22. The molecule has 1 amide bonds. The number of benzene rings is 2. The average Bonchev–Trinajstić information content (AvgIpc) is 3.43. The van der Waals surface area contributed by atoms with E-state index in [0.29, 0.717) is 24.2 Å². The van der Waals surface area contributed by atoms with Crippen molar-refractivity contribution in [2.45, 2.75) is 76.7 Å². The van der Waals surface area contributed by atoms with Gasteiger partial charge in [0.25, 0.3) is 0 Å². The summed E-state index contributed by atoms with van der Waals surface area (Å²) < 4.78 is 1.75. The van der Waals surface area contributed by atoms with E-state index in [1.807, 2.05) is 26.1 Å². The van der Waals surface area contributed by atoms with Crippen molar-refractivity contribution in [1.29, 1.82) is 0 Å². The molecule has 37 heavy (non-hydrogen) atoms. The number of hydrogen-bond acceptors (Lipinski definition) is 4. The Morgan fingerprint density at radius 1 is 1.14 bits per heavy atom. The van der Waals surface area contributed by atoms with Crippen LogP contribution in [0.15, 0.2) is 30.3 Å². The van der Waals surface area contributed by atoms with E-state index in [9.17, 15) is 14.7 Å². The van der Waals surface area contributed by atoms with Crippen molar-refractivity contribution in [2.75, 3.05) is 6.54 Å². The normalized spacial score (nSPS) is 22.8. The van der Waals surface area contributed by atoms with E-state index in [1.165, 1.54) is 43.2 Å². The van der Waals surface area contributed by atoms with Crippen molar-refractivity contribution < 1.29 is 14.7 Å². The van der Waals surface area contributed by atoms with Gasteiger partial charge in [0.05, 0.1) is 18.0 Å². The van der Waals surface area contributed by atoms with Crippen LogP contribution < -0.4 is 0 Å². The van der Waals surface area contributed by atoms with Gasteiger partial charge in [0, 0.05) is 25.9 Å². The minimum absolute atomic E-state index is 0.00418. The highest BCUT2D eigenvalue weighted by Crippen LogP contribution is 2.47. The van der Waals surface area contributed by atoms with E-state index in [1.54, 1.807) is 4.68 Å². The van der Waals surface area contributed by atoms with Crippen LogP contribution in [0, 0.1) is 18.8 Å². The maximum atomic E-state index is 13.2. The van der Waals surface area contributed by atoms with Gasteiger partial charge in [0.2, 0.25) is 5.91 Å². The fourth-order valence-corrected chi connectivity index (χ4v) is 7.29. The van der Waals surface area contributed by atoms with Gasteiger partial charge in [-0.05, 0) is 78.3 Å². The minimum atomic E-state index is -0.825. The molecule has 194 valence electrons. The Balaban J connectivity index is 1.39. The van der Waals surface area contributed by atoms with Crippen molar-refractivity contribution in [2.24, 2.45) is 18.9 Å². The molecular formula is C30H36N4O3. The van der Waals surface area contributed by atoms with Crippen LogP contribution in [0.2, 0.25) is 0 Å². The molecule has 7 nitrogen and oxygen atoms in total. The summed E-state index contributed by atoms with van der Waals surface area (Å²) in [4.78, 5) is 27.4. The second kappa shape index (κ2) is 9.58. The monoisotopic (exact) mass is 500 g/mol. The number of amides is 1. The molecule has 2 heterocycles. The van der Waals surface area contributed by atoms with Crippen LogP contribution >= 0.6 is 0 Å². The molecule has 7 heteroatoms. The third kappa shape index (κ3) is 4.32. The smallest absolute Gasteiger partial charge is 0.304 e. The Bertz CT molecular complexity index is 1360. The topological polar surface area (TPSA) is 88.3 Å². The van der Waals surface area contributed by atoms with Crippen molar-refractivity contribution in [3.8, 4) is 0 Å². The molecule has 0 radical (unpaired) electrons. The standard InChI is InChI=1S/C30H36N4O3/c1-18-23(12-13-26-29(18)31-32-33(26)2)24(16-28(36)37)21-10-8-20-9-11-22-15-27(35)34(30(22)25(20)14-21)17-19-6-4-3-5-7-19/h8,10,12-14,19,22,24,30H,3-7,9,11,15-17H2,1-2H3,(H,36,37). The number of carbonyl (C=O) groups is 2. The third-order valence-corrected chi connectivity index (χ3v) is 9.23. The van der Waals surface area contributed by atoms with Gasteiger partial charge in [-0.3, -0.25) is 9.59 Å². The first kappa shape index (κ1) is 24.1. The molecule has 2 aliphatic carbocycles. The zero-order valence-electron chi connectivity index (χ0n) is 21.8. The maximum absolute atomic E-state index is 13.2. The summed E-state index contributed by atoms with van der Waals surface area (Å²) in [6, 6.07) is 10.7. The number of aliphatic carboxylic acids is 1. The number of likely N-dealkylation sites (tertiary alicyclic amines) is 1. The molecule has 3 unspecified atom stereocenters. The Morgan fingerprint density at radius 3 is 2.73 bits per heavy atom. The minimum Gasteiger partial charge on any atom is -0.481 e. The van der Waals surface area contributed by atoms with Crippen molar-refractivity contribution in [3.63, 3.8) is 0 Å². The number of nitrogens with zero attached hydrogens (tertiary/aromatic N) is 4. The molecule has 1 saturated carbocycles. The van der Waals surface area contributed by atoms with Gasteiger partial charge in [-0.1, -0.05) is 48.7 Å². The Kier molecular flexibility index (Phi) is 6.25. The molecular weight excluding hydrogens is 464 g/mol. The average molecular weight is 501 g/mol. The van der Waals surface area contributed by atoms with Crippen molar-refractivity contribution in [1.82, 2.24) is 19.9 Å². The summed E-state index contributed by atoms with van der Waals surface area (Å²) in [5.74, 6) is 0.137. The third-order valence-electron chi connectivity index (χ3n) is 9.23. The summed E-state index contributed by atoms with van der Waals surface area (Å²) >= 11 is 0. The number of carboxylic acids is 1. The van der Waals surface area contributed by atoms with E-state index in [0.717, 1.165) is 47.1 Å². The number of fused-ring (bicyclic) bond motifs is 4. The quantitative estimate of drug-likeness (QED) is 0.496. The largest absolute Gasteiger partial charge is 0.481 e. The molecule has 3 aromatic rings. The lowest BCUT2D eigenvalue weighted by atomic mass is 9.77. The van der Waals surface area contributed by atoms with Gasteiger partial charge < -0.3 is 10.0 Å². The number of carbonyl (C=O) groups excluding carboxylic acids is 1. The molecule has 0 bridgehead atoms. The van der Waals surface area contributed by atoms with Crippen LogP contribution in [-0.2, 0) is 23.1 Å². The molecule has 3 atom stereocenters. The van der Waals surface area contributed by atoms with E-state index in [-0.39, 0.29) is 18.4 Å². The zero-order chi connectivity index (χ0) is 25.7. The second-order valence-corrected chi connectivity index (χ2v) is 11.5. The Labute approximate surface area is 217 Å². The highest BCUT2D eigenvalue weighted by atomic mass is 16.4. The summed E-state index contributed by atoms with van der Waals surface area (Å²) in [5, 5.41) is 18.4. The van der Waals surface area contributed by atoms with E-state index < -0.39 is 5.97 Å². The van der Waals surface area contributed by atoms with E-state index in [4.69, 9.17) is 0 Å². The lowest BCUT2D eigenvalue weighted by Crippen LogP contribution is -2.36. The van der Waals surface area contributed by atoms with Crippen LogP contribution in [0.5, 0.6) is 0 Å². The SMILES string of the molecule is Cc1c(C(CC(=O)O)c2ccc3c(c2)C2C(CC3)CC(=O)N2CC2CCCCC2)ccc2c1nnn2C. The molecule has 1 N–H and O–H groups in total. The van der Waals surface area contributed by atoms with E-state index in [2.05, 4.69) is 33.4 Å². The molecule has 2 aromatic carbocycles. The number of aryl methyl sites for hydroxylation is 3. The van der Waals surface area contributed by atoms with Crippen LogP contribution in [-0.4, -0.2) is 43.4 Å². The van der Waals surface area contributed by atoms with Crippen LogP contribution in [0.3, 0.4) is 0 Å². The van der Waals surface area contributed by atoms with Crippen LogP contribution in [0.4, 0.5) is 0 Å². The first-order valence-electron chi connectivity index (χ1n) is 13.8. The lowest BCUT2D eigenvalue weighted by molar-refractivity contribution is -0.137. The molecule has 0 spiro atoms. The van der Waals surface area contributed by atoms with Gasteiger partial charge in [-0.2, -0.15) is 0 Å². The Morgan fingerprint density at radius 2 is 1.95 bits per heavy atom. The highest BCUT2D eigenvalue weighted by molar-refractivity contribution is 5.81. The predicted molar refractivity (Wildman–Crippen MR) is 141 cm³/mol. The highest BCUT2D eigenvalue weighted by Gasteiger charge is 2.44. The fraction of sp³-hybridized carbons (Fsp3) is 0.533. The number of rotatable bonds is 6. The van der Waals surface area contributed by atoms with Gasteiger partial charge in [0.15, 0.2) is 0 Å². The van der Waals surface area contributed by atoms with Gasteiger partial charge in [-0.15, -0.1) is 5.10 Å². The van der Waals surface area contributed by atoms with Crippen LogP contribution in [0.1, 0.15) is 91.1 Å². The van der Waals surface area contributed by atoms with Gasteiger partial charge >= 0.3 is 5.97 Å². The zero-order valence-corrected chi connectivity index (χ0v) is 21.8. The van der Waals surface area contributed by atoms with Gasteiger partial charge in [0.1, 0.15) is 5.52 Å². The second-order valence-electron chi connectivity index (χ2n) is 11.5. The summed E-state index contributed by atoms with van der Waals surface area (Å²) in [6.07, 6.45) is 8.97. The fourth-order valence-electron chi connectivity index (χ4n) is 7.29. The molecule has 1 aliphatic heterocycles. The molecule has 1 saturated heterocycles. The number of aromatic nitrogens is 3. The lowest BCUT2D eigenvalue weighted by Gasteiger charge is -2.37. The summed E-state index contributed by atoms with van der Waals surface area (Å²) in [5.41, 5.74) is 7.25. The first-order chi connectivity index (χ1) is 17.9. The molecule has 1 aromatic heterocycles. The number of carboxylic acid groups (broad SMARTS) is 1. The van der Waals surface area contributed by atoms with Crippen molar-refractivity contribution >= 4 is 22.9 Å². The maximum Gasteiger partial charge on any atom is 0.304 e. The molecule has 2 fully saturated rings. The van der Waals surface area contributed by atoms with Crippen LogP contribution in [0.25, 0.3) is 11.0 Å². The van der Waals surface area contributed by atoms with Crippen molar-refractivity contribution in [3.05, 3.63) is 58.1 Å².